The summed E-state index contributed by atoms with van der Waals surface area (Å²) in [5.41, 5.74) is 0.0650. The number of nitrogens with zero attached hydrogens (tertiary/aromatic N) is 6. The summed E-state index contributed by atoms with van der Waals surface area (Å²) in [6.07, 6.45) is 3.22. The van der Waals surface area contributed by atoms with Crippen LogP contribution in [0, 0.1) is 11.8 Å². The molecule has 34 heavy (non-hydrogen) atoms. The van der Waals surface area contributed by atoms with Gasteiger partial charge in [0, 0.05) is 44.4 Å². The summed E-state index contributed by atoms with van der Waals surface area (Å²) in [6, 6.07) is 3.97. The first-order valence-corrected chi connectivity index (χ1v) is 11.1. The lowest BCUT2D eigenvalue weighted by molar-refractivity contribution is -0.137. The van der Waals surface area contributed by atoms with Crippen molar-refractivity contribution in [3.05, 3.63) is 54.2 Å². The molecule has 0 aromatic carbocycles. The van der Waals surface area contributed by atoms with Gasteiger partial charge in [-0.05, 0) is 42.9 Å². The Hall–Kier alpha value is -3.50. The van der Waals surface area contributed by atoms with Crippen LogP contribution in [0.3, 0.4) is 0 Å². The number of anilines is 1. The number of amides is 1. The molecule has 0 spiro atoms. The van der Waals surface area contributed by atoms with E-state index in [4.69, 9.17) is 0 Å². The number of hydrogen-bond donors (Lipinski definition) is 1. The molecule has 178 valence electrons. The first-order chi connectivity index (χ1) is 16.2. The Morgan fingerprint density at radius 3 is 2.56 bits per heavy atom. The number of fused-ring (bicyclic) bond motifs is 2. The minimum atomic E-state index is -4.43. The van der Waals surface area contributed by atoms with E-state index in [1.807, 2.05) is 4.90 Å². The average molecular weight is 471 g/mol. The maximum absolute atomic E-state index is 13.8. The van der Waals surface area contributed by atoms with E-state index in [2.05, 4.69) is 32.3 Å². The van der Waals surface area contributed by atoms with Gasteiger partial charge >= 0.3 is 6.18 Å². The molecule has 2 bridgehead atoms. The molecule has 2 aliphatic heterocycles. The largest absolute Gasteiger partial charge is 0.417 e. The zero-order valence-corrected chi connectivity index (χ0v) is 18.7. The van der Waals surface area contributed by atoms with E-state index in [-0.39, 0.29) is 23.9 Å². The number of hydrogen-bond acceptors (Lipinski definition) is 6. The summed E-state index contributed by atoms with van der Waals surface area (Å²) < 4.78 is 40.1. The van der Waals surface area contributed by atoms with Crippen LogP contribution in [0.5, 0.6) is 0 Å². The maximum atomic E-state index is 13.8. The first-order valence-electron chi connectivity index (χ1n) is 11.1. The molecular formula is C23H24F3N7O. The Bertz CT molecular complexity index is 1170. The van der Waals surface area contributed by atoms with Crippen molar-refractivity contribution < 1.29 is 18.0 Å². The van der Waals surface area contributed by atoms with E-state index in [0.717, 1.165) is 25.1 Å². The molecule has 2 saturated heterocycles. The van der Waals surface area contributed by atoms with E-state index in [9.17, 15) is 18.0 Å². The van der Waals surface area contributed by atoms with Crippen LogP contribution in [0.2, 0.25) is 0 Å². The second-order valence-corrected chi connectivity index (χ2v) is 8.97. The molecule has 3 aromatic heterocycles. The molecule has 8 nitrogen and oxygen atoms in total. The van der Waals surface area contributed by atoms with Crippen LogP contribution < -0.4 is 5.32 Å². The number of carbonyl (C=O) groups excluding carboxylic acids is 1. The van der Waals surface area contributed by atoms with Gasteiger partial charge in [0.15, 0.2) is 11.5 Å². The molecule has 6 rings (SSSR count). The summed E-state index contributed by atoms with van der Waals surface area (Å²) >= 11 is 0. The van der Waals surface area contributed by atoms with Crippen molar-refractivity contribution in [1.82, 2.24) is 29.6 Å². The number of rotatable bonds is 5. The van der Waals surface area contributed by atoms with Crippen LogP contribution in [-0.4, -0.2) is 54.2 Å². The molecule has 1 saturated carbocycles. The molecule has 5 heterocycles. The number of aromatic nitrogens is 5. The Balaban J connectivity index is 1.39. The predicted octanol–water partition coefficient (Wildman–Crippen LogP) is 3.64. The summed E-state index contributed by atoms with van der Waals surface area (Å²) in [5.74, 6) is 1.31. The minimum absolute atomic E-state index is 0.104. The van der Waals surface area contributed by atoms with Crippen LogP contribution in [0.4, 0.5) is 19.0 Å². The van der Waals surface area contributed by atoms with E-state index < -0.39 is 11.7 Å². The highest BCUT2D eigenvalue weighted by molar-refractivity contribution is 5.98. The van der Waals surface area contributed by atoms with Gasteiger partial charge in [-0.25, -0.2) is 15.0 Å². The van der Waals surface area contributed by atoms with Crippen molar-refractivity contribution in [2.45, 2.75) is 38.0 Å². The molecule has 1 aliphatic carbocycles. The Kier molecular flexibility index (Phi) is 5.49. The highest BCUT2D eigenvalue weighted by Gasteiger charge is 2.51. The molecule has 3 aliphatic rings. The van der Waals surface area contributed by atoms with Crippen LogP contribution in [0.1, 0.15) is 35.8 Å². The van der Waals surface area contributed by atoms with Crippen LogP contribution in [-0.2, 0) is 13.2 Å². The van der Waals surface area contributed by atoms with Crippen LogP contribution in [0.25, 0.3) is 11.4 Å². The zero-order chi connectivity index (χ0) is 24.0. The topological polar surface area (TPSA) is 88.8 Å². The Morgan fingerprint density at radius 2 is 1.91 bits per heavy atom. The molecule has 2 atom stereocenters. The van der Waals surface area contributed by atoms with Gasteiger partial charge in [-0.15, -0.1) is 0 Å². The fraction of sp³-hybridized carbons (Fsp3) is 0.435. The number of pyridine rings is 1. The standard InChI is InChI=1S/C23H24F3N7O/c1-13-14-8-16(9-14)33(18(13)11-30-19-5-4-15(10-29-19)23(24,25)26)22(34)20-17(12-32(2)31-20)21-27-6-3-7-28-21/h3-7,10,12-14,16,18H,8-9,11H2,1-2H3,(H,29,30)/t13-,14?,16?,18-/m0/s1. The second-order valence-electron chi connectivity index (χ2n) is 8.97. The van der Waals surface area contributed by atoms with E-state index in [1.54, 1.807) is 36.4 Å². The third kappa shape index (κ3) is 3.99. The Labute approximate surface area is 194 Å². The van der Waals surface area contributed by atoms with Crippen molar-refractivity contribution in [3.63, 3.8) is 0 Å². The van der Waals surface area contributed by atoms with Gasteiger partial charge in [-0.3, -0.25) is 9.48 Å². The highest BCUT2D eigenvalue weighted by atomic mass is 19.4. The number of halogens is 3. The summed E-state index contributed by atoms with van der Waals surface area (Å²) in [6.45, 7) is 2.49. The lowest BCUT2D eigenvalue weighted by Gasteiger charge is -2.57. The third-order valence-electron chi connectivity index (χ3n) is 6.91. The minimum Gasteiger partial charge on any atom is -0.368 e. The second kappa shape index (κ2) is 8.37. The number of aryl methyl sites for hydroxylation is 1. The molecule has 0 unspecified atom stereocenters. The smallest absolute Gasteiger partial charge is 0.368 e. The molecule has 1 N–H and O–H groups in total. The number of piperidine rings is 2. The maximum Gasteiger partial charge on any atom is 0.417 e. The van der Waals surface area contributed by atoms with E-state index in [0.29, 0.717) is 35.4 Å². The first kappa shape index (κ1) is 22.3. The van der Waals surface area contributed by atoms with Crippen molar-refractivity contribution in [2.24, 2.45) is 18.9 Å². The monoisotopic (exact) mass is 471 g/mol. The third-order valence-corrected chi connectivity index (χ3v) is 6.91. The number of carbonyl (C=O) groups is 1. The highest BCUT2D eigenvalue weighted by Crippen LogP contribution is 2.47. The van der Waals surface area contributed by atoms with Gasteiger partial charge in [0.2, 0.25) is 0 Å². The van der Waals surface area contributed by atoms with Gasteiger partial charge in [0.25, 0.3) is 5.91 Å². The predicted molar refractivity (Wildman–Crippen MR) is 118 cm³/mol. The number of nitrogens with one attached hydrogen (secondary N) is 1. The van der Waals surface area contributed by atoms with Crippen molar-refractivity contribution in [2.75, 3.05) is 11.9 Å². The van der Waals surface area contributed by atoms with Gasteiger partial charge in [0.1, 0.15) is 5.82 Å². The summed E-state index contributed by atoms with van der Waals surface area (Å²) in [5, 5.41) is 7.56. The number of alkyl halides is 3. The molecule has 3 aromatic rings. The molecule has 0 radical (unpaired) electrons. The lowest BCUT2D eigenvalue weighted by atomic mass is 9.64. The van der Waals surface area contributed by atoms with Gasteiger partial charge in [0.05, 0.1) is 17.2 Å². The van der Waals surface area contributed by atoms with Gasteiger partial charge in [-0.1, -0.05) is 6.92 Å². The Morgan fingerprint density at radius 1 is 1.18 bits per heavy atom. The van der Waals surface area contributed by atoms with E-state index in [1.165, 1.54) is 6.07 Å². The summed E-state index contributed by atoms with van der Waals surface area (Å²) in [4.78, 5) is 28.1. The SMILES string of the molecule is C[C@H]1C2CC(C2)N(C(=O)c2nn(C)cc2-c2ncccn2)[C@H]1CNc1ccc(C(F)(F)F)cn1. The molecule has 3 fully saturated rings. The van der Waals surface area contributed by atoms with Gasteiger partial charge < -0.3 is 10.2 Å². The van der Waals surface area contributed by atoms with Crippen molar-refractivity contribution >= 4 is 11.7 Å². The fourth-order valence-corrected chi connectivity index (χ4v) is 4.97. The van der Waals surface area contributed by atoms with Crippen molar-refractivity contribution in [3.8, 4) is 11.4 Å². The normalized spacial score (nSPS) is 24.0. The lowest BCUT2D eigenvalue weighted by Crippen LogP contribution is -2.64. The average Bonchev–Trinajstić information content (AvgIpc) is 3.18. The van der Waals surface area contributed by atoms with E-state index >= 15 is 0 Å². The molecular weight excluding hydrogens is 447 g/mol. The quantitative estimate of drug-likeness (QED) is 0.611. The van der Waals surface area contributed by atoms with Gasteiger partial charge in [-0.2, -0.15) is 18.3 Å². The summed E-state index contributed by atoms with van der Waals surface area (Å²) in [7, 11) is 1.75. The zero-order valence-electron chi connectivity index (χ0n) is 18.7. The van der Waals surface area contributed by atoms with Crippen molar-refractivity contribution in [1.29, 1.82) is 0 Å². The van der Waals surface area contributed by atoms with Crippen LogP contribution in [0.15, 0.2) is 43.0 Å². The van der Waals surface area contributed by atoms with Crippen LogP contribution >= 0.6 is 0 Å². The fourth-order valence-electron chi connectivity index (χ4n) is 4.97. The molecule has 11 heteroatoms. The molecule has 1 amide bonds.